The molecule has 7 nitrogen and oxygen atoms in total. The maximum atomic E-state index is 11.7. The van der Waals surface area contributed by atoms with Crippen LogP contribution in [0.3, 0.4) is 0 Å². The second-order valence-corrected chi connectivity index (χ2v) is 4.84. The van der Waals surface area contributed by atoms with Crippen molar-refractivity contribution in [3.8, 4) is 0 Å². The fraction of sp³-hybridized carbons (Fsp3) is 0.100. The fourth-order valence-corrected chi connectivity index (χ4v) is 1.96. The van der Waals surface area contributed by atoms with Gasteiger partial charge in [-0.05, 0) is 30.2 Å². The van der Waals surface area contributed by atoms with Crippen molar-refractivity contribution in [1.82, 2.24) is 0 Å². The summed E-state index contributed by atoms with van der Waals surface area (Å²) in [6, 6.07) is 3.35. The monoisotopic (exact) mass is 267 g/mol. The number of nitrogens with zero attached hydrogens (tertiary/aromatic N) is 3. The second kappa shape index (κ2) is 5.01. The largest absolute Gasteiger partial charge is 0.295 e. The SMILES string of the molecule is C=C(C)C(=O)c1ccc(N=[N+]=[N-])cc1S(=O)(=O)O. The number of hydrogen-bond acceptors (Lipinski definition) is 4. The summed E-state index contributed by atoms with van der Waals surface area (Å²) in [5.74, 6) is -0.616. The zero-order chi connectivity index (χ0) is 13.9. The van der Waals surface area contributed by atoms with Crippen LogP contribution in [0.25, 0.3) is 10.4 Å². The maximum Gasteiger partial charge on any atom is 0.295 e. The molecule has 0 saturated carbocycles. The van der Waals surface area contributed by atoms with E-state index in [2.05, 4.69) is 16.6 Å². The van der Waals surface area contributed by atoms with Gasteiger partial charge in [-0.3, -0.25) is 9.35 Å². The minimum atomic E-state index is -4.60. The van der Waals surface area contributed by atoms with Gasteiger partial charge in [-0.25, -0.2) is 0 Å². The number of carbonyl (C=O) groups is 1. The van der Waals surface area contributed by atoms with Gasteiger partial charge in [0.15, 0.2) is 5.78 Å². The average molecular weight is 267 g/mol. The maximum absolute atomic E-state index is 11.7. The van der Waals surface area contributed by atoms with Gasteiger partial charge in [0.2, 0.25) is 0 Å². The van der Waals surface area contributed by atoms with Gasteiger partial charge in [0, 0.05) is 16.2 Å². The Balaban J connectivity index is 3.59. The molecular formula is C10H9N3O4S. The summed E-state index contributed by atoms with van der Waals surface area (Å²) in [7, 11) is -4.60. The topological polar surface area (TPSA) is 120 Å². The first kappa shape index (κ1) is 13.9. The quantitative estimate of drug-likeness (QED) is 0.225. The van der Waals surface area contributed by atoms with Gasteiger partial charge in [0.05, 0.1) is 0 Å². The first-order valence-corrected chi connectivity index (χ1v) is 6.08. The van der Waals surface area contributed by atoms with Crippen LogP contribution in [0, 0.1) is 0 Å². The molecule has 0 heterocycles. The van der Waals surface area contributed by atoms with Crippen molar-refractivity contribution in [1.29, 1.82) is 0 Å². The predicted octanol–water partition coefficient (Wildman–Crippen LogP) is 2.63. The number of Topliss-reactive ketones (excluding diaryl/α,β-unsaturated/α-hetero) is 1. The van der Waals surface area contributed by atoms with Gasteiger partial charge < -0.3 is 0 Å². The van der Waals surface area contributed by atoms with Crippen molar-refractivity contribution in [3.63, 3.8) is 0 Å². The van der Waals surface area contributed by atoms with E-state index in [0.29, 0.717) is 0 Å². The first-order chi connectivity index (χ1) is 8.27. The molecule has 0 unspecified atom stereocenters. The molecule has 0 fully saturated rings. The van der Waals surface area contributed by atoms with Crippen LogP contribution in [0.15, 0.2) is 40.4 Å². The Labute approximate surface area is 103 Å². The number of hydrogen-bond donors (Lipinski definition) is 1. The third kappa shape index (κ3) is 2.95. The molecule has 8 heteroatoms. The van der Waals surface area contributed by atoms with E-state index in [4.69, 9.17) is 10.1 Å². The first-order valence-electron chi connectivity index (χ1n) is 4.64. The predicted molar refractivity (Wildman–Crippen MR) is 64.2 cm³/mol. The number of rotatable bonds is 4. The van der Waals surface area contributed by atoms with Gasteiger partial charge in [-0.2, -0.15) is 8.42 Å². The van der Waals surface area contributed by atoms with E-state index in [1.807, 2.05) is 0 Å². The minimum Gasteiger partial charge on any atom is -0.289 e. The molecule has 0 bridgehead atoms. The minimum absolute atomic E-state index is 0.0246. The highest BCUT2D eigenvalue weighted by Crippen LogP contribution is 2.24. The number of carbonyl (C=O) groups excluding carboxylic acids is 1. The molecule has 1 aromatic carbocycles. The summed E-state index contributed by atoms with van der Waals surface area (Å²) in [6.07, 6.45) is 0. The van der Waals surface area contributed by atoms with E-state index in [-0.39, 0.29) is 16.8 Å². The van der Waals surface area contributed by atoms with Crippen LogP contribution in [0.5, 0.6) is 0 Å². The van der Waals surface area contributed by atoms with Gasteiger partial charge >= 0.3 is 0 Å². The average Bonchev–Trinajstić information content (AvgIpc) is 2.27. The van der Waals surface area contributed by atoms with Crippen molar-refractivity contribution in [2.45, 2.75) is 11.8 Å². The Hall–Kier alpha value is -2.15. The van der Waals surface area contributed by atoms with Gasteiger partial charge in [-0.1, -0.05) is 17.8 Å². The summed E-state index contributed by atoms with van der Waals surface area (Å²) < 4.78 is 31.4. The lowest BCUT2D eigenvalue weighted by Gasteiger charge is -2.06. The van der Waals surface area contributed by atoms with Crippen molar-refractivity contribution in [2.75, 3.05) is 0 Å². The molecule has 1 rings (SSSR count). The zero-order valence-corrected chi connectivity index (χ0v) is 10.2. The molecule has 0 amide bonds. The van der Waals surface area contributed by atoms with E-state index in [9.17, 15) is 13.2 Å². The lowest BCUT2D eigenvalue weighted by atomic mass is 10.1. The third-order valence-electron chi connectivity index (χ3n) is 2.04. The molecule has 0 radical (unpaired) electrons. The summed E-state index contributed by atoms with van der Waals surface area (Å²) >= 11 is 0. The number of azide groups is 1. The van der Waals surface area contributed by atoms with Crippen LogP contribution in [0.1, 0.15) is 17.3 Å². The highest BCUT2D eigenvalue weighted by molar-refractivity contribution is 7.86. The molecule has 0 saturated heterocycles. The Morgan fingerprint density at radius 3 is 2.56 bits per heavy atom. The molecule has 1 N–H and O–H groups in total. The van der Waals surface area contributed by atoms with Crippen molar-refractivity contribution >= 4 is 21.6 Å². The molecule has 94 valence electrons. The third-order valence-corrected chi connectivity index (χ3v) is 2.93. The van der Waals surface area contributed by atoms with E-state index in [1.165, 1.54) is 13.0 Å². The van der Waals surface area contributed by atoms with Crippen LogP contribution in [-0.4, -0.2) is 18.8 Å². The molecule has 18 heavy (non-hydrogen) atoms. The Morgan fingerprint density at radius 2 is 2.11 bits per heavy atom. The summed E-state index contributed by atoms with van der Waals surface area (Å²) in [5, 5.41) is 3.20. The van der Waals surface area contributed by atoms with Crippen LogP contribution < -0.4 is 0 Å². The normalized spacial score (nSPS) is 10.6. The van der Waals surface area contributed by atoms with Crippen molar-refractivity contribution in [2.24, 2.45) is 5.11 Å². The van der Waals surface area contributed by atoms with Gasteiger partial charge in [0.1, 0.15) is 4.90 Å². The molecule has 1 aromatic rings. The molecule has 0 aliphatic heterocycles. The molecule has 0 atom stereocenters. The van der Waals surface area contributed by atoms with E-state index >= 15 is 0 Å². The molecular weight excluding hydrogens is 258 g/mol. The Kier molecular flexibility index (Phi) is 3.87. The fourth-order valence-electron chi connectivity index (χ4n) is 1.26. The van der Waals surface area contributed by atoms with Gasteiger partial charge in [-0.15, -0.1) is 0 Å². The Bertz CT molecular complexity index is 672. The van der Waals surface area contributed by atoms with E-state index < -0.39 is 20.8 Å². The smallest absolute Gasteiger partial charge is 0.289 e. The van der Waals surface area contributed by atoms with Crippen molar-refractivity contribution < 1.29 is 17.8 Å². The standard InChI is InChI=1S/C10H9N3O4S/c1-6(2)10(14)8-4-3-7(12-13-11)5-9(8)18(15,16)17/h3-5H,1H2,2H3,(H,15,16,17). The van der Waals surface area contributed by atoms with Crippen LogP contribution in [0.2, 0.25) is 0 Å². The van der Waals surface area contributed by atoms with Crippen LogP contribution in [0.4, 0.5) is 5.69 Å². The lowest BCUT2D eigenvalue weighted by Crippen LogP contribution is -2.09. The summed E-state index contributed by atoms with van der Waals surface area (Å²) in [4.78, 5) is 13.6. The molecule has 0 aliphatic rings. The highest BCUT2D eigenvalue weighted by Gasteiger charge is 2.21. The van der Waals surface area contributed by atoms with E-state index in [1.54, 1.807) is 0 Å². The summed E-state index contributed by atoms with van der Waals surface area (Å²) in [6.45, 7) is 4.82. The lowest BCUT2D eigenvalue weighted by molar-refractivity contribution is 0.103. The molecule has 0 aromatic heterocycles. The van der Waals surface area contributed by atoms with Crippen LogP contribution in [-0.2, 0) is 10.1 Å². The molecule has 0 spiro atoms. The Morgan fingerprint density at radius 1 is 1.50 bits per heavy atom. The van der Waals surface area contributed by atoms with Crippen molar-refractivity contribution in [3.05, 3.63) is 46.4 Å². The second-order valence-electron chi connectivity index (χ2n) is 3.45. The number of benzene rings is 1. The number of allylic oxidation sites excluding steroid dienone is 1. The zero-order valence-electron chi connectivity index (χ0n) is 9.36. The van der Waals surface area contributed by atoms with Gasteiger partial charge in [0.25, 0.3) is 10.1 Å². The molecule has 0 aliphatic carbocycles. The highest BCUT2D eigenvalue weighted by atomic mass is 32.2. The number of ketones is 1. The van der Waals surface area contributed by atoms with Crippen LogP contribution >= 0.6 is 0 Å². The van der Waals surface area contributed by atoms with E-state index in [0.717, 1.165) is 12.1 Å². The summed E-state index contributed by atoms with van der Waals surface area (Å²) in [5.41, 5.74) is 8.12.